The summed E-state index contributed by atoms with van der Waals surface area (Å²) in [5.41, 5.74) is 4.55. The Morgan fingerprint density at radius 2 is 1.98 bits per heavy atom. The Kier molecular flexibility index (Phi) is 9.79. The second-order valence-electron chi connectivity index (χ2n) is 12.0. The molecule has 0 radical (unpaired) electrons. The van der Waals surface area contributed by atoms with Crippen LogP contribution >= 0.6 is 11.6 Å². The monoisotopic (exact) mass is 607 g/mol. The maximum atomic E-state index is 12.9. The van der Waals surface area contributed by atoms with Crippen LogP contribution in [0.4, 0.5) is 5.82 Å². The highest BCUT2D eigenvalue weighted by Crippen LogP contribution is 2.38. The third kappa shape index (κ3) is 7.43. The molecule has 0 spiro atoms. The number of nitrogens with zero attached hydrogens (tertiary/aromatic N) is 2. The predicted octanol–water partition coefficient (Wildman–Crippen LogP) is 6.21. The molecule has 1 aromatic heterocycles. The number of fused-ring (bicyclic) bond motifs is 1. The molecule has 9 heteroatoms. The van der Waals surface area contributed by atoms with Gasteiger partial charge in [-0.1, -0.05) is 29.8 Å². The topological polar surface area (TPSA) is 82.2 Å². The number of halogens is 1. The number of carbonyl (C=O) groups excluding carboxylic acids is 1. The van der Waals surface area contributed by atoms with Gasteiger partial charge in [0.1, 0.15) is 29.5 Å². The van der Waals surface area contributed by atoms with Crippen LogP contribution in [0.1, 0.15) is 50.8 Å². The number of anilines is 1. The van der Waals surface area contributed by atoms with E-state index in [2.05, 4.69) is 16.3 Å². The Morgan fingerprint density at radius 3 is 2.74 bits per heavy atom. The van der Waals surface area contributed by atoms with Gasteiger partial charge in [0, 0.05) is 37.4 Å². The highest BCUT2D eigenvalue weighted by molar-refractivity contribution is 6.32. The molecule has 0 saturated carbocycles. The summed E-state index contributed by atoms with van der Waals surface area (Å²) in [6.07, 6.45) is 1.29. The zero-order chi connectivity index (χ0) is 30.6. The van der Waals surface area contributed by atoms with E-state index in [0.29, 0.717) is 43.5 Å². The smallest absolute Gasteiger partial charge is 0.312 e. The average Bonchev–Trinajstić information content (AvgIpc) is 2.99. The number of carbonyl (C=O) groups is 1. The molecule has 1 N–H and O–H groups in total. The molecule has 3 aromatic rings. The van der Waals surface area contributed by atoms with Crippen molar-refractivity contribution in [3.05, 3.63) is 70.2 Å². The largest absolute Gasteiger partial charge is 0.496 e. The first-order valence-electron chi connectivity index (χ1n) is 15.0. The molecule has 1 saturated heterocycles. The first-order chi connectivity index (χ1) is 20.7. The van der Waals surface area contributed by atoms with E-state index in [-0.39, 0.29) is 18.0 Å². The summed E-state index contributed by atoms with van der Waals surface area (Å²) in [7, 11) is 1.70. The summed E-state index contributed by atoms with van der Waals surface area (Å²) in [5.74, 6) is 1.75. The van der Waals surface area contributed by atoms with Crippen LogP contribution in [0.2, 0.25) is 5.02 Å². The first kappa shape index (κ1) is 31.1. The van der Waals surface area contributed by atoms with Gasteiger partial charge in [0.15, 0.2) is 0 Å². The molecule has 2 aliphatic heterocycles. The number of aromatic nitrogens is 1. The van der Waals surface area contributed by atoms with Crippen LogP contribution < -0.4 is 19.7 Å². The highest BCUT2D eigenvalue weighted by atomic mass is 35.5. The molecule has 8 nitrogen and oxygen atoms in total. The molecule has 230 valence electrons. The van der Waals surface area contributed by atoms with E-state index in [9.17, 15) is 4.79 Å². The third-order valence-electron chi connectivity index (χ3n) is 7.79. The molecule has 0 bridgehead atoms. The van der Waals surface area contributed by atoms with E-state index < -0.39 is 5.60 Å². The molecule has 1 fully saturated rings. The van der Waals surface area contributed by atoms with Crippen molar-refractivity contribution >= 4 is 23.4 Å². The van der Waals surface area contributed by atoms with Crippen molar-refractivity contribution in [1.82, 2.24) is 10.3 Å². The molecule has 2 aromatic carbocycles. The number of rotatable bonds is 9. The van der Waals surface area contributed by atoms with Gasteiger partial charge in [-0.25, -0.2) is 4.98 Å². The van der Waals surface area contributed by atoms with E-state index in [1.54, 1.807) is 7.11 Å². The minimum absolute atomic E-state index is 0.207. The van der Waals surface area contributed by atoms with Crippen LogP contribution in [0.3, 0.4) is 0 Å². The van der Waals surface area contributed by atoms with Gasteiger partial charge in [-0.2, -0.15) is 0 Å². The molecular formula is C34H42ClN3O5. The van der Waals surface area contributed by atoms with E-state index in [1.807, 2.05) is 70.2 Å². The van der Waals surface area contributed by atoms with Gasteiger partial charge >= 0.3 is 5.97 Å². The molecule has 43 heavy (non-hydrogen) atoms. The standard InChI is InChI=1S/C34H42ClN3O5/c1-6-41-30-20-38(16-14-25(30)33(39)43-34(2,3)4)31-12-8-11-28(37-31)24-9-7-10-27(35)32(24)42-21-22-17-23-13-15-36-19-26(23)29(18-22)40-5/h7-12,17-18,25,30,36H,6,13-16,19-21H2,1-5H3. The lowest BCUT2D eigenvalue weighted by Crippen LogP contribution is -2.49. The maximum Gasteiger partial charge on any atom is 0.312 e. The fourth-order valence-corrected chi connectivity index (χ4v) is 6.04. The van der Waals surface area contributed by atoms with Gasteiger partial charge in [-0.3, -0.25) is 4.79 Å². The predicted molar refractivity (Wildman–Crippen MR) is 169 cm³/mol. The Morgan fingerprint density at radius 1 is 1.16 bits per heavy atom. The second kappa shape index (κ2) is 13.5. The van der Waals surface area contributed by atoms with Crippen molar-refractivity contribution in [2.45, 2.75) is 65.4 Å². The maximum absolute atomic E-state index is 12.9. The average molecular weight is 608 g/mol. The van der Waals surface area contributed by atoms with Gasteiger partial charge in [-0.15, -0.1) is 0 Å². The third-order valence-corrected chi connectivity index (χ3v) is 8.09. The van der Waals surface area contributed by atoms with Crippen molar-refractivity contribution < 1.29 is 23.7 Å². The van der Waals surface area contributed by atoms with Crippen molar-refractivity contribution in [3.8, 4) is 22.8 Å². The van der Waals surface area contributed by atoms with Crippen molar-refractivity contribution in [1.29, 1.82) is 0 Å². The fourth-order valence-electron chi connectivity index (χ4n) is 5.81. The number of piperidine rings is 1. The van der Waals surface area contributed by atoms with E-state index in [0.717, 1.165) is 47.9 Å². The molecule has 2 unspecified atom stereocenters. The minimum atomic E-state index is -0.541. The molecule has 0 amide bonds. The summed E-state index contributed by atoms with van der Waals surface area (Å²) in [6, 6.07) is 15.9. The Labute approximate surface area is 259 Å². The van der Waals surface area contributed by atoms with Gasteiger partial charge in [-0.05, 0) is 88.5 Å². The molecular weight excluding hydrogens is 566 g/mol. The first-order valence-corrected chi connectivity index (χ1v) is 15.4. The SMILES string of the molecule is CCOC1CN(c2cccc(-c3cccc(Cl)c3OCc3cc4c(c(OC)c3)CNCC4)n2)CCC1C(=O)OC(C)(C)C. The number of hydrogen-bond acceptors (Lipinski definition) is 8. The molecule has 5 rings (SSSR count). The summed E-state index contributed by atoms with van der Waals surface area (Å²) in [6.45, 7) is 11.4. The van der Waals surface area contributed by atoms with Crippen LogP contribution in [0.25, 0.3) is 11.3 Å². The second-order valence-corrected chi connectivity index (χ2v) is 12.4. The van der Waals surface area contributed by atoms with Crippen LogP contribution in [-0.2, 0) is 33.8 Å². The lowest BCUT2D eigenvalue weighted by molar-refractivity contribution is -0.166. The molecule has 3 heterocycles. The summed E-state index contributed by atoms with van der Waals surface area (Å²) < 4.78 is 23.8. The fraction of sp³-hybridized carbons (Fsp3) is 0.471. The van der Waals surface area contributed by atoms with Crippen molar-refractivity contribution in [2.24, 2.45) is 5.92 Å². The van der Waals surface area contributed by atoms with Gasteiger partial charge in [0.25, 0.3) is 0 Å². The zero-order valence-electron chi connectivity index (χ0n) is 25.7. The summed E-state index contributed by atoms with van der Waals surface area (Å²) in [5, 5.41) is 3.93. The summed E-state index contributed by atoms with van der Waals surface area (Å²) in [4.78, 5) is 20.1. The Balaban J connectivity index is 1.35. The normalized spacial score (nSPS) is 18.6. The number of para-hydroxylation sites is 1. The van der Waals surface area contributed by atoms with E-state index >= 15 is 0 Å². The Bertz CT molecular complexity index is 1420. The Hall–Kier alpha value is -3.33. The van der Waals surface area contributed by atoms with Crippen LogP contribution in [0.15, 0.2) is 48.5 Å². The van der Waals surface area contributed by atoms with E-state index in [4.69, 9.17) is 35.5 Å². The number of methoxy groups -OCH3 is 1. The van der Waals surface area contributed by atoms with Crippen LogP contribution in [-0.4, -0.2) is 56.0 Å². The summed E-state index contributed by atoms with van der Waals surface area (Å²) >= 11 is 6.70. The van der Waals surface area contributed by atoms with Gasteiger partial charge in [0.2, 0.25) is 0 Å². The molecule has 2 atom stereocenters. The van der Waals surface area contributed by atoms with Gasteiger partial charge in [0.05, 0.1) is 29.8 Å². The number of hydrogen-bond donors (Lipinski definition) is 1. The number of benzene rings is 2. The lowest BCUT2D eigenvalue weighted by atomic mass is 9.93. The zero-order valence-corrected chi connectivity index (χ0v) is 26.5. The number of pyridine rings is 1. The highest BCUT2D eigenvalue weighted by Gasteiger charge is 2.38. The van der Waals surface area contributed by atoms with Crippen molar-refractivity contribution in [2.75, 3.05) is 38.3 Å². The van der Waals surface area contributed by atoms with Crippen LogP contribution in [0.5, 0.6) is 11.5 Å². The molecule has 2 aliphatic rings. The molecule has 0 aliphatic carbocycles. The quantitative estimate of drug-likeness (QED) is 0.288. The number of esters is 1. The number of ether oxygens (including phenoxy) is 4. The van der Waals surface area contributed by atoms with Crippen molar-refractivity contribution in [3.63, 3.8) is 0 Å². The van der Waals surface area contributed by atoms with E-state index in [1.165, 1.54) is 11.1 Å². The number of nitrogens with one attached hydrogen (secondary N) is 1. The van der Waals surface area contributed by atoms with Gasteiger partial charge < -0.3 is 29.2 Å². The lowest BCUT2D eigenvalue weighted by Gasteiger charge is -2.38. The minimum Gasteiger partial charge on any atom is -0.496 e. The van der Waals surface area contributed by atoms with Crippen LogP contribution in [0, 0.1) is 5.92 Å².